The van der Waals surface area contributed by atoms with Crippen LogP contribution in [0.5, 0.6) is 0 Å². The van der Waals surface area contributed by atoms with E-state index in [2.05, 4.69) is 39.5 Å². The average molecular weight is 383 g/mol. The smallest absolute Gasteiger partial charge is 0.348 e. The molecule has 0 radical (unpaired) electrons. The molecule has 0 spiro atoms. The van der Waals surface area contributed by atoms with Crippen LogP contribution < -0.4 is 15.9 Å². The third-order valence-electron chi connectivity index (χ3n) is 5.78. The molecular weight excluding hydrogens is 352 g/mol. The Labute approximate surface area is 166 Å². The van der Waals surface area contributed by atoms with E-state index in [-0.39, 0.29) is 24.2 Å². The fraction of sp³-hybridized carbons (Fsp3) is 0.500. The second kappa shape index (κ2) is 8.59. The molecule has 1 N–H and O–H groups in total. The molecule has 1 atom stereocenters. The van der Waals surface area contributed by atoms with Crippen molar-refractivity contribution in [2.45, 2.75) is 59.5 Å². The highest BCUT2D eigenvalue weighted by Gasteiger charge is 2.15. The Kier molecular flexibility index (Phi) is 6.17. The van der Waals surface area contributed by atoms with Gasteiger partial charge in [0.05, 0.1) is 6.04 Å². The van der Waals surface area contributed by atoms with E-state index in [1.807, 2.05) is 27.7 Å². The molecule has 0 unspecified atom stereocenters. The van der Waals surface area contributed by atoms with E-state index < -0.39 is 0 Å². The van der Waals surface area contributed by atoms with E-state index in [4.69, 9.17) is 0 Å². The number of hydrogen-bond acceptors (Lipinski definition) is 4. The van der Waals surface area contributed by atoms with Gasteiger partial charge in [-0.2, -0.15) is 4.98 Å². The Bertz CT molecular complexity index is 896. The lowest BCUT2D eigenvalue weighted by molar-refractivity contribution is -0.122. The highest BCUT2D eigenvalue weighted by atomic mass is 16.2. The molecule has 1 aromatic heterocycles. The number of nitrogens with zero attached hydrogens (tertiary/aromatic N) is 3. The lowest BCUT2D eigenvalue weighted by Crippen LogP contribution is -2.36. The summed E-state index contributed by atoms with van der Waals surface area (Å²) in [5, 5.41) is 2.99. The van der Waals surface area contributed by atoms with Crippen LogP contribution in [0.3, 0.4) is 0 Å². The summed E-state index contributed by atoms with van der Waals surface area (Å²) < 4.78 is 1.43. The normalized spacial score (nSPS) is 15.4. The topological polar surface area (TPSA) is 67.2 Å². The first-order chi connectivity index (χ1) is 13.4. The van der Waals surface area contributed by atoms with Gasteiger partial charge in [0, 0.05) is 30.2 Å². The van der Waals surface area contributed by atoms with Crippen LogP contribution in [0.4, 0.5) is 5.69 Å². The number of anilines is 1. The standard InChI is InChI=1S/C22H30N4O2/c1-15-16(2)24-22(28)26(18(15)4)14-21(27)23-17(3)19-8-10-20(11-9-19)25-12-6-5-7-13-25/h8-11,17H,5-7,12-14H2,1-4H3,(H,23,27)/t17-/m1/s1. The van der Waals surface area contributed by atoms with Gasteiger partial charge in [-0.3, -0.25) is 9.36 Å². The molecule has 0 aliphatic carbocycles. The third-order valence-corrected chi connectivity index (χ3v) is 5.78. The summed E-state index contributed by atoms with van der Waals surface area (Å²) in [5.74, 6) is -0.192. The Morgan fingerprint density at radius 1 is 1.11 bits per heavy atom. The predicted octanol–water partition coefficient (Wildman–Crippen LogP) is 3.04. The molecule has 3 rings (SSSR count). The van der Waals surface area contributed by atoms with E-state index in [1.165, 1.54) is 29.5 Å². The number of nitrogens with one attached hydrogen (secondary N) is 1. The van der Waals surface area contributed by atoms with Crippen LogP contribution in [0.15, 0.2) is 29.1 Å². The maximum Gasteiger partial charge on any atom is 0.348 e. The van der Waals surface area contributed by atoms with E-state index >= 15 is 0 Å². The summed E-state index contributed by atoms with van der Waals surface area (Å²) in [6, 6.07) is 8.28. The molecule has 0 saturated carbocycles. The summed E-state index contributed by atoms with van der Waals surface area (Å²) in [7, 11) is 0. The molecule has 6 heteroatoms. The number of piperidine rings is 1. The van der Waals surface area contributed by atoms with Crippen molar-refractivity contribution < 1.29 is 4.79 Å². The van der Waals surface area contributed by atoms with Crippen molar-refractivity contribution in [3.05, 3.63) is 57.3 Å². The Morgan fingerprint density at radius 2 is 1.75 bits per heavy atom. The second-order valence-electron chi connectivity index (χ2n) is 7.70. The zero-order valence-corrected chi connectivity index (χ0v) is 17.3. The maximum atomic E-state index is 12.5. The number of carbonyl (C=O) groups excluding carboxylic acids is 1. The van der Waals surface area contributed by atoms with Crippen molar-refractivity contribution >= 4 is 11.6 Å². The predicted molar refractivity (Wildman–Crippen MR) is 112 cm³/mol. The molecule has 1 amide bonds. The molecule has 0 bridgehead atoms. The highest BCUT2D eigenvalue weighted by molar-refractivity contribution is 5.76. The summed E-state index contributed by atoms with van der Waals surface area (Å²) in [6.07, 6.45) is 3.82. The van der Waals surface area contributed by atoms with Crippen molar-refractivity contribution in [2.75, 3.05) is 18.0 Å². The Hall–Kier alpha value is -2.63. The minimum atomic E-state index is -0.380. The maximum absolute atomic E-state index is 12.5. The van der Waals surface area contributed by atoms with Crippen molar-refractivity contribution in [3.63, 3.8) is 0 Å². The van der Waals surface area contributed by atoms with Gasteiger partial charge in [-0.1, -0.05) is 12.1 Å². The van der Waals surface area contributed by atoms with E-state index in [9.17, 15) is 9.59 Å². The van der Waals surface area contributed by atoms with Gasteiger partial charge in [-0.05, 0) is 70.2 Å². The van der Waals surface area contributed by atoms with Gasteiger partial charge in [0.1, 0.15) is 6.54 Å². The number of rotatable bonds is 5. The summed E-state index contributed by atoms with van der Waals surface area (Å²) in [6.45, 7) is 9.74. The molecular formula is C22H30N4O2. The molecule has 6 nitrogen and oxygen atoms in total. The zero-order valence-electron chi connectivity index (χ0n) is 17.3. The van der Waals surface area contributed by atoms with Gasteiger partial charge < -0.3 is 10.2 Å². The lowest BCUT2D eigenvalue weighted by Gasteiger charge is -2.29. The van der Waals surface area contributed by atoms with Gasteiger partial charge >= 0.3 is 5.69 Å². The molecule has 150 valence electrons. The summed E-state index contributed by atoms with van der Waals surface area (Å²) in [4.78, 5) is 31.1. The number of aromatic nitrogens is 2. The third kappa shape index (κ3) is 4.43. The quantitative estimate of drug-likeness (QED) is 0.863. The number of hydrogen-bond donors (Lipinski definition) is 1. The van der Waals surface area contributed by atoms with Gasteiger partial charge in [0.25, 0.3) is 0 Å². The van der Waals surface area contributed by atoms with Crippen LogP contribution in [-0.4, -0.2) is 28.5 Å². The molecule has 2 aromatic rings. The van der Waals surface area contributed by atoms with E-state index in [0.29, 0.717) is 5.69 Å². The number of benzene rings is 1. The second-order valence-corrected chi connectivity index (χ2v) is 7.70. The number of carbonyl (C=O) groups is 1. The van der Waals surface area contributed by atoms with Gasteiger partial charge in [-0.15, -0.1) is 0 Å². The molecule has 2 heterocycles. The molecule has 1 aromatic carbocycles. The van der Waals surface area contributed by atoms with Crippen molar-refractivity contribution in [1.29, 1.82) is 0 Å². The molecule has 28 heavy (non-hydrogen) atoms. The van der Waals surface area contributed by atoms with Crippen LogP contribution in [-0.2, 0) is 11.3 Å². The van der Waals surface area contributed by atoms with Crippen molar-refractivity contribution in [1.82, 2.24) is 14.9 Å². The minimum Gasteiger partial charge on any atom is -0.372 e. The SMILES string of the molecule is Cc1nc(=O)n(CC(=O)N[C@H](C)c2ccc(N3CCCCC3)cc2)c(C)c1C. The monoisotopic (exact) mass is 382 g/mol. The number of amides is 1. The fourth-order valence-corrected chi connectivity index (χ4v) is 3.72. The van der Waals surface area contributed by atoms with Crippen molar-refractivity contribution in [2.24, 2.45) is 0 Å². The minimum absolute atomic E-state index is 0.0189. The van der Waals surface area contributed by atoms with E-state index in [1.54, 1.807) is 0 Å². The first-order valence-corrected chi connectivity index (χ1v) is 10.1. The molecule has 1 fully saturated rings. The number of aryl methyl sites for hydroxylation is 1. The van der Waals surface area contributed by atoms with Crippen LogP contribution in [0.1, 0.15) is 54.7 Å². The molecule has 1 aliphatic rings. The van der Waals surface area contributed by atoms with Crippen LogP contribution in [0.25, 0.3) is 0 Å². The van der Waals surface area contributed by atoms with Crippen LogP contribution >= 0.6 is 0 Å². The molecule has 1 aliphatic heterocycles. The van der Waals surface area contributed by atoms with Gasteiger partial charge in [-0.25, -0.2) is 4.79 Å². The summed E-state index contributed by atoms with van der Waals surface area (Å²) in [5.41, 5.74) is 4.34. The first-order valence-electron chi connectivity index (χ1n) is 10.1. The Balaban J connectivity index is 1.64. The van der Waals surface area contributed by atoms with E-state index in [0.717, 1.165) is 29.9 Å². The summed E-state index contributed by atoms with van der Waals surface area (Å²) >= 11 is 0. The van der Waals surface area contributed by atoms with Crippen LogP contribution in [0.2, 0.25) is 0 Å². The first kappa shape index (κ1) is 20.1. The van der Waals surface area contributed by atoms with Gasteiger partial charge in [0.15, 0.2) is 0 Å². The lowest BCUT2D eigenvalue weighted by atomic mass is 10.1. The zero-order chi connectivity index (χ0) is 20.3. The largest absolute Gasteiger partial charge is 0.372 e. The van der Waals surface area contributed by atoms with Gasteiger partial charge in [0.2, 0.25) is 5.91 Å². The highest BCUT2D eigenvalue weighted by Crippen LogP contribution is 2.22. The van der Waals surface area contributed by atoms with Crippen LogP contribution in [0, 0.1) is 20.8 Å². The fourth-order valence-electron chi connectivity index (χ4n) is 3.72. The van der Waals surface area contributed by atoms with Crippen molar-refractivity contribution in [3.8, 4) is 0 Å². The average Bonchev–Trinajstić information content (AvgIpc) is 2.70. The Morgan fingerprint density at radius 3 is 2.39 bits per heavy atom. The molecule has 1 saturated heterocycles.